The molecule has 0 bridgehead atoms. The van der Waals surface area contributed by atoms with Crippen LogP contribution in [0.2, 0.25) is 0 Å². The van der Waals surface area contributed by atoms with Gasteiger partial charge in [-0.25, -0.2) is 0 Å². The van der Waals surface area contributed by atoms with Gasteiger partial charge in [0, 0.05) is 32.7 Å². The van der Waals surface area contributed by atoms with Gasteiger partial charge in [0.2, 0.25) is 0 Å². The molecule has 2 atom stereocenters. The number of nitrogens with one attached hydrogen (secondary N) is 2. The summed E-state index contributed by atoms with van der Waals surface area (Å²) in [6.07, 6.45) is 3.58. The van der Waals surface area contributed by atoms with E-state index < -0.39 is 6.10 Å². The summed E-state index contributed by atoms with van der Waals surface area (Å²) in [4.78, 5) is 4.47. The van der Waals surface area contributed by atoms with Crippen molar-refractivity contribution >= 4 is 29.9 Å². The van der Waals surface area contributed by atoms with Crippen LogP contribution in [0, 0.1) is 0 Å². The molecule has 0 amide bonds. The third-order valence-corrected chi connectivity index (χ3v) is 4.20. The Balaban J connectivity index is 0.00000364. The molecule has 1 saturated heterocycles. The number of halogens is 1. The standard InChI is InChI=1S/C20H33N3O3.HI/c1-2-21-20(22-11-7-12-25-16-19-10-6-13-26-19)23-15-18(24)14-17-8-4-3-5-9-17;/h3-5,8-9,18-19,24H,2,6-7,10-16H2,1H3,(H2,21,22,23);1H. The Bertz CT molecular complexity index is 510. The lowest BCUT2D eigenvalue weighted by Gasteiger charge is -2.14. The van der Waals surface area contributed by atoms with Crippen molar-refractivity contribution in [2.75, 3.05) is 39.5 Å². The molecule has 0 spiro atoms. The van der Waals surface area contributed by atoms with Crippen LogP contribution in [0.3, 0.4) is 0 Å². The molecule has 2 rings (SSSR count). The molecule has 27 heavy (non-hydrogen) atoms. The Hall–Kier alpha value is -0.900. The van der Waals surface area contributed by atoms with Crippen molar-refractivity contribution in [1.82, 2.24) is 10.6 Å². The Morgan fingerprint density at radius 1 is 1.33 bits per heavy atom. The van der Waals surface area contributed by atoms with Crippen molar-refractivity contribution in [3.8, 4) is 0 Å². The second-order valence-electron chi connectivity index (χ2n) is 6.55. The first-order chi connectivity index (χ1) is 12.8. The summed E-state index contributed by atoms with van der Waals surface area (Å²) in [6.45, 7) is 6.25. The van der Waals surface area contributed by atoms with Crippen molar-refractivity contribution in [3.63, 3.8) is 0 Å². The Kier molecular flexibility index (Phi) is 13.5. The number of aliphatic hydroxyl groups is 1. The summed E-state index contributed by atoms with van der Waals surface area (Å²) in [5, 5.41) is 16.7. The van der Waals surface area contributed by atoms with Crippen LogP contribution in [0.25, 0.3) is 0 Å². The first-order valence-corrected chi connectivity index (χ1v) is 9.71. The van der Waals surface area contributed by atoms with E-state index in [1.807, 2.05) is 37.3 Å². The van der Waals surface area contributed by atoms with Gasteiger partial charge in [-0.05, 0) is 31.7 Å². The zero-order valence-electron chi connectivity index (χ0n) is 16.2. The number of guanidine groups is 1. The highest BCUT2D eigenvalue weighted by molar-refractivity contribution is 14.0. The maximum absolute atomic E-state index is 10.2. The van der Waals surface area contributed by atoms with Gasteiger partial charge in [-0.15, -0.1) is 24.0 Å². The molecular weight excluding hydrogens is 457 g/mol. The molecule has 0 aromatic heterocycles. The largest absolute Gasteiger partial charge is 0.391 e. The summed E-state index contributed by atoms with van der Waals surface area (Å²) in [5.74, 6) is 0.735. The molecule has 2 unspecified atom stereocenters. The minimum Gasteiger partial charge on any atom is -0.391 e. The lowest BCUT2D eigenvalue weighted by molar-refractivity contribution is 0.0168. The number of rotatable bonds is 11. The first kappa shape index (κ1) is 24.1. The van der Waals surface area contributed by atoms with Gasteiger partial charge in [0.1, 0.15) is 0 Å². The summed E-state index contributed by atoms with van der Waals surface area (Å²) in [6, 6.07) is 9.99. The first-order valence-electron chi connectivity index (χ1n) is 9.71. The van der Waals surface area contributed by atoms with Crippen LogP contribution in [-0.4, -0.2) is 62.7 Å². The predicted octanol–water partition coefficient (Wildman–Crippen LogP) is 2.35. The maximum atomic E-state index is 10.2. The lowest BCUT2D eigenvalue weighted by Crippen LogP contribution is -2.38. The van der Waals surface area contributed by atoms with E-state index in [-0.39, 0.29) is 30.1 Å². The van der Waals surface area contributed by atoms with E-state index >= 15 is 0 Å². The number of hydrogen-bond donors (Lipinski definition) is 3. The number of hydrogen-bond acceptors (Lipinski definition) is 4. The SMILES string of the molecule is CCNC(=NCC(O)Cc1ccccc1)NCCCOCC1CCCO1.I. The highest BCUT2D eigenvalue weighted by Crippen LogP contribution is 2.11. The second-order valence-corrected chi connectivity index (χ2v) is 6.55. The summed E-state index contributed by atoms with van der Waals surface area (Å²) >= 11 is 0. The number of nitrogens with zero attached hydrogens (tertiary/aromatic N) is 1. The molecule has 0 radical (unpaired) electrons. The van der Waals surface area contributed by atoms with E-state index in [1.54, 1.807) is 0 Å². The zero-order chi connectivity index (χ0) is 18.5. The Morgan fingerprint density at radius 3 is 2.85 bits per heavy atom. The van der Waals surface area contributed by atoms with Gasteiger partial charge in [0.15, 0.2) is 5.96 Å². The molecule has 154 valence electrons. The normalized spacial score (nSPS) is 18.0. The van der Waals surface area contributed by atoms with Gasteiger partial charge in [-0.1, -0.05) is 30.3 Å². The van der Waals surface area contributed by atoms with Crippen LogP contribution >= 0.6 is 24.0 Å². The van der Waals surface area contributed by atoms with Crippen LogP contribution < -0.4 is 10.6 Å². The lowest BCUT2D eigenvalue weighted by atomic mass is 10.1. The molecule has 1 aromatic rings. The smallest absolute Gasteiger partial charge is 0.191 e. The maximum Gasteiger partial charge on any atom is 0.191 e. The van der Waals surface area contributed by atoms with E-state index in [0.29, 0.717) is 26.2 Å². The highest BCUT2D eigenvalue weighted by Gasteiger charge is 2.14. The van der Waals surface area contributed by atoms with E-state index in [4.69, 9.17) is 9.47 Å². The molecule has 1 aliphatic heterocycles. The van der Waals surface area contributed by atoms with Crippen LogP contribution in [0.5, 0.6) is 0 Å². The molecule has 1 fully saturated rings. The summed E-state index contributed by atoms with van der Waals surface area (Å²) in [5.41, 5.74) is 1.12. The summed E-state index contributed by atoms with van der Waals surface area (Å²) < 4.78 is 11.2. The Morgan fingerprint density at radius 2 is 2.15 bits per heavy atom. The number of aliphatic imine (C=N–C) groups is 1. The van der Waals surface area contributed by atoms with Gasteiger partial charge in [0.05, 0.1) is 25.4 Å². The Labute approximate surface area is 180 Å². The van der Waals surface area contributed by atoms with E-state index in [1.165, 1.54) is 0 Å². The van der Waals surface area contributed by atoms with Crippen LogP contribution in [0.1, 0.15) is 31.7 Å². The second kappa shape index (κ2) is 15.1. The van der Waals surface area contributed by atoms with Crippen LogP contribution in [0.15, 0.2) is 35.3 Å². The molecular formula is C20H34IN3O3. The fourth-order valence-electron chi connectivity index (χ4n) is 2.86. The van der Waals surface area contributed by atoms with E-state index in [9.17, 15) is 5.11 Å². The molecule has 1 aliphatic rings. The van der Waals surface area contributed by atoms with Crippen LogP contribution in [0.4, 0.5) is 0 Å². The average Bonchev–Trinajstić information content (AvgIpc) is 3.16. The monoisotopic (exact) mass is 491 g/mol. The number of aliphatic hydroxyl groups excluding tert-OH is 1. The zero-order valence-corrected chi connectivity index (χ0v) is 18.6. The van der Waals surface area contributed by atoms with Gasteiger partial charge < -0.3 is 25.2 Å². The third kappa shape index (κ3) is 10.9. The minimum atomic E-state index is -0.484. The quantitative estimate of drug-likeness (QED) is 0.192. The van der Waals surface area contributed by atoms with E-state index in [2.05, 4.69) is 15.6 Å². The third-order valence-electron chi connectivity index (χ3n) is 4.20. The molecule has 7 heteroatoms. The molecule has 1 aromatic carbocycles. The fraction of sp³-hybridized carbons (Fsp3) is 0.650. The molecule has 1 heterocycles. The van der Waals surface area contributed by atoms with Gasteiger partial charge >= 0.3 is 0 Å². The average molecular weight is 491 g/mol. The van der Waals surface area contributed by atoms with Crippen molar-refractivity contribution in [3.05, 3.63) is 35.9 Å². The highest BCUT2D eigenvalue weighted by atomic mass is 127. The number of benzene rings is 1. The van der Waals surface area contributed by atoms with Crippen molar-refractivity contribution < 1.29 is 14.6 Å². The predicted molar refractivity (Wildman–Crippen MR) is 120 cm³/mol. The topological polar surface area (TPSA) is 75.1 Å². The van der Waals surface area contributed by atoms with E-state index in [0.717, 1.165) is 50.5 Å². The van der Waals surface area contributed by atoms with Crippen LogP contribution in [-0.2, 0) is 15.9 Å². The van der Waals surface area contributed by atoms with Crippen molar-refractivity contribution in [2.24, 2.45) is 4.99 Å². The van der Waals surface area contributed by atoms with Gasteiger partial charge in [-0.3, -0.25) is 4.99 Å². The molecule has 6 nitrogen and oxygen atoms in total. The molecule has 3 N–H and O–H groups in total. The summed E-state index contributed by atoms with van der Waals surface area (Å²) in [7, 11) is 0. The molecule has 0 saturated carbocycles. The molecule has 0 aliphatic carbocycles. The fourth-order valence-corrected chi connectivity index (χ4v) is 2.86. The van der Waals surface area contributed by atoms with Gasteiger partial charge in [-0.2, -0.15) is 0 Å². The van der Waals surface area contributed by atoms with Crippen molar-refractivity contribution in [2.45, 2.75) is 44.8 Å². The minimum absolute atomic E-state index is 0. The van der Waals surface area contributed by atoms with Crippen molar-refractivity contribution in [1.29, 1.82) is 0 Å². The number of ether oxygens (including phenoxy) is 2. The van der Waals surface area contributed by atoms with Gasteiger partial charge in [0.25, 0.3) is 0 Å².